The minimum atomic E-state index is -1.28. The highest BCUT2D eigenvalue weighted by molar-refractivity contribution is 6.42. The summed E-state index contributed by atoms with van der Waals surface area (Å²) in [6, 6.07) is 4.49. The molecule has 1 aliphatic carbocycles. The molecule has 1 aromatic rings. The van der Waals surface area contributed by atoms with E-state index in [1.165, 1.54) is 18.2 Å². The van der Waals surface area contributed by atoms with Crippen molar-refractivity contribution in [3.63, 3.8) is 0 Å². The molecule has 1 aliphatic heterocycles. The van der Waals surface area contributed by atoms with E-state index in [0.717, 1.165) is 19.3 Å². The molecule has 0 unspecified atom stereocenters. The lowest BCUT2D eigenvalue weighted by Crippen LogP contribution is -2.48. The van der Waals surface area contributed by atoms with Gasteiger partial charge in [0.05, 0.1) is 28.3 Å². The van der Waals surface area contributed by atoms with Crippen LogP contribution in [0.5, 0.6) is 0 Å². The van der Waals surface area contributed by atoms with Crippen LogP contribution in [0.3, 0.4) is 0 Å². The molecule has 5 nitrogen and oxygen atoms in total. The van der Waals surface area contributed by atoms with E-state index in [4.69, 9.17) is 37.4 Å². The van der Waals surface area contributed by atoms with Crippen molar-refractivity contribution in [2.75, 3.05) is 6.61 Å². The molecule has 27 heavy (non-hydrogen) atoms. The fraction of sp³-hybridized carbons (Fsp3) is 0.500. The van der Waals surface area contributed by atoms with Crippen molar-refractivity contribution < 1.29 is 23.8 Å². The average Bonchev–Trinajstić information content (AvgIpc) is 3.39. The summed E-state index contributed by atoms with van der Waals surface area (Å²) in [6.45, 7) is 3.60. The van der Waals surface area contributed by atoms with Gasteiger partial charge in [-0.15, -0.1) is 0 Å². The summed E-state index contributed by atoms with van der Waals surface area (Å²) < 4.78 is 16.6. The van der Waals surface area contributed by atoms with Crippen LogP contribution in [-0.2, 0) is 19.0 Å². The summed E-state index contributed by atoms with van der Waals surface area (Å²) in [5.41, 5.74) is -1.73. The van der Waals surface area contributed by atoms with Crippen molar-refractivity contribution in [2.24, 2.45) is 0 Å². The lowest BCUT2D eigenvalue weighted by atomic mass is 9.77. The number of halogens is 2. The maximum Gasteiger partial charge on any atom is 0.384 e. The maximum absolute atomic E-state index is 12.7. The largest absolute Gasteiger partial charge is 0.456 e. The van der Waals surface area contributed by atoms with Gasteiger partial charge in [-0.25, -0.2) is 9.59 Å². The van der Waals surface area contributed by atoms with Crippen LogP contribution in [0.15, 0.2) is 18.2 Å². The van der Waals surface area contributed by atoms with Gasteiger partial charge in [-0.1, -0.05) is 36.0 Å². The zero-order chi connectivity index (χ0) is 19.7. The van der Waals surface area contributed by atoms with Gasteiger partial charge in [0.1, 0.15) is 5.60 Å². The van der Waals surface area contributed by atoms with E-state index in [1.54, 1.807) is 13.8 Å². The fourth-order valence-corrected chi connectivity index (χ4v) is 3.83. The molecule has 144 valence electrons. The van der Waals surface area contributed by atoms with Gasteiger partial charge in [0.2, 0.25) is 5.60 Å². The Balaban J connectivity index is 1.89. The minimum Gasteiger partial charge on any atom is -0.456 e. The molecule has 0 spiro atoms. The summed E-state index contributed by atoms with van der Waals surface area (Å²) in [4.78, 5) is 24.5. The number of carbonyl (C=O) groups is 2. The third kappa shape index (κ3) is 3.94. The molecule has 2 fully saturated rings. The van der Waals surface area contributed by atoms with Crippen LogP contribution in [0.2, 0.25) is 10.0 Å². The van der Waals surface area contributed by atoms with E-state index >= 15 is 0 Å². The molecular formula is C20H20Cl2O5. The van der Waals surface area contributed by atoms with Crippen molar-refractivity contribution >= 4 is 35.1 Å². The van der Waals surface area contributed by atoms with Crippen molar-refractivity contribution in [3.8, 4) is 11.8 Å². The topological polar surface area (TPSA) is 65.1 Å². The second-order valence-corrected chi connectivity index (χ2v) is 7.58. The molecule has 0 aromatic heterocycles. The van der Waals surface area contributed by atoms with Gasteiger partial charge in [-0.2, -0.15) is 0 Å². The number of ether oxygens (including phenoxy) is 3. The van der Waals surface area contributed by atoms with E-state index in [-0.39, 0.29) is 23.3 Å². The first kappa shape index (κ1) is 20.0. The number of esters is 2. The Hall–Kier alpha value is -1.74. The molecule has 0 amide bonds. The summed E-state index contributed by atoms with van der Waals surface area (Å²) >= 11 is 11.9. The van der Waals surface area contributed by atoms with E-state index in [1.807, 2.05) is 0 Å². The third-order valence-electron chi connectivity index (χ3n) is 5.02. The summed E-state index contributed by atoms with van der Waals surface area (Å²) in [5.74, 6) is 3.97. The zero-order valence-corrected chi connectivity index (χ0v) is 16.7. The summed E-state index contributed by atoms with van der Waals surface area (Å²) in [5, 5.41) is 0.594. The maximum atomic E-state index is 12.7. The Morgan fingerprint density at radius 3 is 2.78 bits per heavy atom. The highest BCUT2D eigenvalue weighted by Gasteiger charge is 2.69. The van der Waals surface area contributed by atoms with Crippen molar-refractivity contribution in [3.05, 3.63) is 33.8 Å². The predicted molar refractivity (Wildman–Crippen MR) is 101 cm³/mol. The van der Waals surface area contributed by atoms with Gasteiger partial charge in [0, 0.05) is 5.92 Å². The first-order valence-electron chi connectivity index (χ1n) is 8.87. The molecule has 3 atom stereocenters. The fourth-order valence-electron chi connectivity index (χ4n) is 3.53. The Labute approximate surface area is 168 Å². The van der Waals surface area contributed by atoms with Crippen LogP contribution in [0, 0.1) is 11.8 Å². The highest BCUT2D eigenvalue weighted by atomic mass is 35.5. The number of benzene rings is 1. The van der Waals surface area contributed by atoms with Gasteiger partial charge in [0.25, 0.3) is 0 Å². The van der Waals surface area contributed by atoms with Gasteiger partial charge < -0.3 is 14.2 Å². The highest BCUT2D eigenvalue weighted by Crippen LogP contribution is 2.55. The quantitative estimate of drug-likeness (QED) is 0.322. The molecule has 7 heteroatoms. The van der Waals surface area contributed by atoms with Crippen molar-refractivity contribution in [1.29, 1.82) is 0 Å². The Bertz CT molecular complexity index is 827. The standard InChI is InChI=1S/C20H20Cl2O5/c1-3-25-17(23)9-11-19(2,20-10-5-4-6-16(20)26-20)27-18(24)13-7-8-14(21)15(22)12-13/h7-8,12,16H,3-6,10H2,1-2H3/t16-,19-,20+/m0/s1. The molecule has 3 rings (SSSR count). The summed E-state index contributed by atoms with van der Waals surface area (Å²) in [6.07, 6.45) is 3.54. The number of hydrogen-bond donors (Lipinski definition) is 0. The van der Waals surface area contributed by atoms with Crippen LogP contribution >= 0.6 is 23.2 Å². The molecule has 1 aromatic carbocycles. The van der Waals surface area contributed by atoms with E-state index < -0.39 is 23.1 Å². The van der Waals surface area contributed by atoms with Gasteiger partial charge >= 0.3 is 11.9 Å². The Morgan fingerprint density at radius 1 is 1.33 bits per heavy atom. The zero-order valence-electron chi connectivity index (χ0n) is 15.1. The monoisotopic (exact) mass is 410 g/mol. The van der Waals surface area contributed by atoms with E-state index in [2.05, 4.69) is 11.8 Å². The molecule has 0 N–H and O–H groups in total. The first-order valence-corrected chi connectivity index (χ1v) is 9.63. The number of hydrogen-bond acceptors (Lipinski definition) is 5. The van der Waals surface area contributed by atoms with Gasteiger partial charge in [-0.3, -0.25) is 0 Å². The lowest BCUT2D eigenvalue weighted by Gasteiger charge is -2.33. The number of carbonyl (C=O) groups excluding carboxylic acids is 2. The Kier molecular flexibility index (Phi) is 5.71. The molecule has 0 radical (unpaired) electrons. The van der Waals surface area contributed by atoms with Gasteiger partial charge in [0.15, 0.2) is 0 Å². The predicted octanol–water partition coefficient (Wildman–Crippen LogP) is 4.19. The second-order valence-electron chi connectivity index (χ2n) is 6.76. The number of epoxide rings is 1. The second kappa shape index (κ2) is 7.71. The van der Waals surface area contributed by atoms with E-state index in [9.17, 15) is 9.59 Å². The summed E-state index contributed by atoms with van der Waals surface area (Å²) in [7, 11) is 0. The van der Waals surface area contributed by atoms with Gasteiger partial charge in [-0.05, 0) is 50.8 Å². The van der Waals surface area contributed by atoms with E-state index in [0.29, 0.717) is 11.4 Å². The van der Waals surface area contributed by atoms with Crippen LogP contribution in [-0.4, -0.2) is 35.9 Å². The van der Waals surface area contributed by atoms with Crippen LogP contribution in [0.1, 0.15) is 49.9 Å². The number of rotatable bonds is 4. The number of fused-ring (bicyclic) bond motifs is 1. The molecule has 1 heterocycles. The minimum absolute atomic E-state index is 0.0330. The SMILES string of the molecule is CCOC(=O)C#C[C@](C)(OC(=O)c1ccc(Cl)c(Cl)c1)[C@@]12CCCC[C@@H]1O2. The van der Waals surface area contributed by atoms with Crippen LogP contribution < -0.4 is 0 Å². The van der Waals surface area contributed by atoms with Crippen molar-refractivity contribution in [2.45, 2.75) is 56.8 Å². The lowest BCUT2D eigenvalue weighted by molar-refractivity contribution is -0.136. The van der Waals surface area contributed by atoms with Crippen LogP contribution in [0.25, 0.3) is 0 Å². The molecule has 1 saturated heterocycles. The third-order valence-corrected chi connectivity index (χ3v) is 5.76. The first-order chi connectivity index (χ1) is 12.8. The Morgan fingerprint density at radius 2 is 2.11 bits per heavy atom. The van der Waals surface area contributed by atoms with Crippen molar-refractivity contribution in [1.82, 2.24) is 0 Å². The smallest absolute Gasteiger partial charge is 0.384 e. The average molecular weight is 411 g/mol. The molecule has 0 bridgehead atoms. The molecular weight excluding hydrogens is 391 g/mol. The molecule has 1 saturated carbocycles. The molecule has 2 aliphatic rings. The normalized spacial score (nSPS) is 25.3. The van der Waals surface area contributed by atoms with Crippen LogP contribution in [0.4, 0.5) is 0 Å².